The molecule has 0 bridgehead atoms. The molecule has 1 aliphatic rings. The number of thioether (sulfide) groups is 1. The predicted molar refractivity (Wildman–Crippen MR) is 68.0 cm³/mol. The lowest BCUT2D eigenvalue weighted by Crippen LogP contribution is -2.42. The summed E-state index contributed by atoms with van der Waals surface area (Å²) in [4.78, 5) is 36.3. The summed E-state index contributed by atoms with van der Waals surface area (Å²) < 4.78 is 9.61. The molecule has 2 amide bonds. The number of hydrogen-bond donors (Lipinski definition) is 0. The summed E-state index contributed by atoms with van der Waals surface area (Å²) in [6.45, 7) is 1.44. The van der Waals surface area contributed by atoms with E-state index in [1.807, 2.05) is 0 Å². The van der Waals surface area contributed by atoms with Gasteiger partial charge in [-0.25, -0.2) is 4.79 Å². The van der Waals surface area contributed by atoms with Gasteiger partial charge in [0.05, 0.1) is 18.3 Å². The molecule has 0 radical (unpaired) electrons. The van der Waals surface area contributed by atoms with E-state index in [-0.39, 0.29) is 4.91 Å². The number of hydrogen-bond acceptors (Lipinski definition) is 6. The average molecular weight is 281 g/mol. The topological polar surface area (TPSA) is 76.8 Å². The van der Waals surface area contributed by atoms with E-state index in [0.717, 1.165) is 16.7 Å². The molecule has 100 valence electrons. The fourth-order valence-corrected chi connectivity index (χ4v) is 2.48. The van der Waals surface area contributed by atoms with E-state index in [1.165, 1.54) is 26.4 Å². The van der Waals surface area contributed by atoms with Crippen molar-refractivity contribution in [3.8, 4) is 0 Å². The molecule has 1 fully saturated rings. The van der Waals surface area contributed by atoms with Crippen molar-refractivity contribution >= 4 is 35.0 Å². The molecule has 6 nitrogen and oxygen atoms in total. The third-order valence-corrected chi connectivity index (χ3v) is 3.45. The Labute approximate surface area is 113 Å². The first kappa shape index (κ1) is 13.4. The molecular weight excluding hydrogens is 270 g/mol. The van der Waals surface area contributed by atoms with Crippen LogP contribution in [0.15, 0.2) is 27.7 Å². The van der Waals surface area contributed by atoms with Crippen molar-refractivity contribution in [3.63, 3.8) is 0 Å². The Bertz CT molecular complexity index is 548. The molecule has 19 heavy (non-hydrogen) atoms. The number of ether oxygens (including phenoxy) is 1. The van der Waals surface area contributed by atoms with Gasteiger partial charge in [0.25, 0.3) is 11.1 Å². The highest BCUT2D eigenvalue weighted by atomic mass is 32.2. The number of esters is 1. The summed E-state index contributed by atoms with van der Waals surface area (Å²) >= 11 is 0.767. The summed E-state index contributed by atoms with van der Waals surface area (Å²) in [5.41, 5.74) is 0. The van der Waals surface area contributed by atoms with E-state index >= 15 is 0 Å². The lowest BCUT2D eigenvalue weighted by Gasteiger charge is -2.18. The molecule has 1 aromatic rings. The Hall–Kier alpha value is -2.02. The largest absolute Gasteiger partial charge is 0.467 e. The third-order valence-electron chi connectivity index (χ3n) is 2.57. The molecule has 1 atom stereocenters. The first-order chi connectivity index (χ1) is 9.04. The lowest BCUT2D eigenvalue weighted by molar-refractivity contribution is -0.148. The van der Waals surface area contributed by atoms with Gasteiger partial charge in [0.1, 0.15) is 11.8 Å². The molecular formula is C12H11NO5S. The van der Waals surface area contributed by atoms with Crippen molar-refractivity contribution in [2.45, 2.75) is 13.0 Å². The maximum atomic E-state index is 12.1. The van der Waals surface area contributed by atoms with Crippen molar-refractivity contribution in [2.75, 3.05) is 7.11 Å². The van der Waals surface area contributed by atoms with Gasteiger partial charge >= 0.3 is 5.97 Å². The molecule has 0 unspecified atom stereocenters. The fourth-order valence-electron chi connectivity index (χ4n) is 1.59. The van der Waals surface area contributed by atoms with E-state index < -0.39 is 23.2 Å². The highest BCUT2D eigenvalue weighted by Gasteiger charge is 2.41. The number of carbonyl (C=O) groups is 3. The molecule has 0 saturated carbocycles. The Morgan fingerprint density at radius 3 is 2.84 bits per heavy atom. The second-order valence-corrected chi connectivity index (χ2v) is 4.76. The highest BCUT2D eigenvalue weighted by molar-refractivity contribution is 8.18. The van der Waals surface area contributed by atoms with Crippen molar-refractivity contribution in [1.82, 2.24) is 4.90 Å². The van der Waals surface area contributed by atoms with Crippen LogP contribution in [0.1, 0.15) is 12.7 Å². The Kier molecular flexibility index (Phi) is 3.75. The van der Waals surface area contributed by atoms with Crippen LogP contribution in [-0.4, -0.2) is 35.2 Å². The Morgan fingerprint density at radius 2 is 2.26 bits per heavy atom. The minimum absolute atomic E-state index is 0.218. The predicted octanol–water partition coefficient (Wildman–Crippen LogP) is 1.88. The molecule has 1 saturated heterocycles. The molecule has 0 N–H and O–H groups in total. The van der Waals surface area contributed by atoms with Gasteiger partial charge in [0.2, 0.25) is 0 Å². The van der Waals surface area contributed by atoms with Crippen molar-refractivity contribution in [3.05, 3.63) is 29.1 Å². The van der Waals surface area contributed by atoms with Crippen LogP contribution >= 0.6 is 11.8 Å². The second kappa shape index (κ2) is 5.31. The Morgan fingerprint density at radius 1 is 1.53 bits per heavy atom. The maximum Gasteiger partial charge on any atom is 0.328 e. The fraction of sp³-hybridized carbons (Fsp3) is 0.250. The minimum atomic E-state index is -0.944. The summed E-state index contributed by atoms with van der Waals surface area (Å²) in [5.74, 6) is -0.693. The van der Waals surface area contributed by atoms with Crippen LogP contribution in [0.5, 0.6) is 0 Å². The van der Waals surface area contributed by atoms with Crippen LogP contribution in [0, 0.1) is 0 Å². The zero-order valence-corrected chi connectivity index (χ0v) is 11.1. The molecule has 0 aliphatic carbocycles. The first-order valence-corrected chi connectivity index (χ1v) is 6.24. The third kappa shape index (κ3) is 2.55. The summed E-state index contributed by atoms with van der Waals surface area (Å²) in [5, 5.41) is -0.499. The SMILES string of the molecule is COC(=O)[C@H](C)N1C(=O)S/C(=C/c2ccco2)C1=O. The van der Waals surface area contributed by atoms with Gasteiger partial charge in [-0.3, -0.25) is 14.5 Å². The molecule has 2 rings (SSSR count). The quantitative estimate of drug-likeness (QED) is 0.622. The van der Waals surface area contributed by atoms with Crippen LogP contribution in [0.2, 0.25) is 0 Å². The summed E-state index contributed by atoms with van der Waals surface area (Å²) in [6, 6.07) is 2.39. The maximum absolute atomic E-state index is 12.1. The molecule has 2 heterocycles. The summed E-state index contributed by atoms with van der Waals surface area (Å²) in [6.07, 6.45) is 2.93. The first-order valence-electron chi connectivity index (χ1n) is 5.43. The summed E-state index contributed by atoms with van der Waals surface area (Å²) in [7, 11) is 1.20. The molecule has 7 heteroatoms. The number of carbonyl (C=O) groups excluding carboxylic acids is 3. The minimum Gasteiger partial charge on any atom is -0.467 e. The second-order valence-electron chi connectivity index (χ2n) is 3.77. The number of imide groups is 1. The van der Waals surface area contributed by atoms with Crippen LogP contribution in [0.3, 0.4) is 0 Å². The molecule has 1 aromatic heterocycles. The van der Waals surface area contributed by atoms with Gasteiger partial charge in [-0.05, 0) is 30.8 Å². The van der Waals surface area contributed by atoms with Gasteiger partial charge in [-0.15, -0.1) is 0 Å². The number of rotatable bonds is 3. The van der Waals surface area contributed by atoms with Gasteiger partial charge in [0, 0.05) is 6.08 Å². The van der Waals surface area contributed by atoms with Crippen LogP contribution in [0.25, 0.3) is 6.08 Å². The van der Waals surface area contributed by atoms with Crippen LogP contribution in [0.4, 0.5) is 4.79 Å². The van der Waals surface area contributed by atoms with E-state index in [4.69, 9.17) is 4.42 Å². The van der Waals surface area contributed by atoms with E-state index in [9.17, 15) is 14.4 Å². The number of methoxy groups -OCH3 is 1. The van der Waals surface area contributed by atoms with Gasteiger partial charge in [0.15, 0.2) is 0 Å². The normalized spacial score (nSPS) is 19.1. The number of amides is 2. The number of furan rings is 1. The average Bonchev–Trinajstić information content (AvgIpc) is 2.98. The van der Waals surface area contributed by atoms with Gasteiger partial charge in [-0.1, -0.05) is 0 Å². The van der Waals surface area contributed by atoms with E-state index in [1.54, 1.807) is 12.1 Å². The molecule has 0 aromatic carbocycles. The highest BCUT2D eigenvalue weighted by Crippen LogP contribution is 2.33. The van der Waals surface area contributed by atoms with Crippen molar-refractivity contribution < 1.29 is 23.5 Å². The van der Waals surface area contributed by atoms with Gasteiger partial charge in [-0.2, -0.15) is 0 Å². The van der Waals surface area contributed by atoms with Crippen molar-refractivity contribution in [1.29, 1.82) is 0 Å². The molecule has 1 aliphatic heterocycles. The van der Waals surface area contributed by atoms with Crippen LogP contribution < -0.4 is 0 Å². The standard InChI is InChI=1S/C12H11NO5S/c1-7(11(15)17-2)13-10(14)9(19-12(13)16)6-8-4-3-5-18-8/h3-7H,1-2H3/b9-6+/t7-/m0/s1. The smallest absolute Gasteiger partial charge is 0.328 e. The zero-order valence-electron chi connectivity index (χ0n) is 10.3. The lowest BCUT2D eigenvalue weighted by atomic mass is 10.3. The van der Waals surface area contributed by atoms with Crippen LogP contribution in [-0.2, 0) is 14.3 Å². The van der Waals surface area contributed by atoms with Crippen molar-refractivity contribution in [2.24, 2.45) is 0 Å². The molecule has 0 spiro atoms. The van der Waals surface area contributed by atoms with E-state index in [2.05, 4.69) is 4.74 Å². The Balaban J connectivity index is 2.24. The monoisotopic (exact) mass is 281 g/mol. The zero-order chi connectivity index (χ0) is 14.0. The number of nitrogens with zero attached hydrogens (tertiary/aromatic N) is 1. The van der Waals surface area contributed by atoms with Gasteiger partial charge < -0.3 is 9.15 Å². The van der Waals surface area contributed by atoms with E-state index in [0.29, 0.717) is 5.76 Å².